The third-order valence-electron chi connectivity index (χ3n) is 5.15. The van der Waals surface area contributed by atoms with E-state index in [4.69, 9.17) is 0 Å². The summed E-state index contributed by atoms with van der Waals surface area (Å²) in [6.45, 7) is 0. The van der Waals surface area contributed by atoms with Crippen LogP contribution in [0, 0.1) is 0 Å². The van der Waals surface area contributed by atoms with Gasteiger partial charge in [-0.2, -0.15) is 0 Å². The second kappa shape index (κ2) is 5.94. The van der Waals surface area contributed by atoms with Gasteiger partial charge < -0.3 is 0 Å². The van der Waals surface area contributed by atoms with E-state index in [1.807, 2.05) is 42.5 Å². The van der Waals surface area contributed by atoms with E-state index in [2.05, 4.69) is 25.9 Å². The van der Waals surface area contributed by atoms with Gasteiger partial charge in [0.2, 0.25) is 0 Å². The monoisotopic (exact) mass is 496 g/mol. The van der Waals surface area contributed by atoms with Crippen molar-refractivity contribution in [2.45, 2.75) is 0 Å². The van der Waals surface area contributed by atoms with Crippen molar-refractivity contribution in [2.24, 2.45) is 4.99 Å². The average molecular weight is 494 g/mol. The van der Waals surface area contributed by atoms with Crippen LogP contribution in [0.4, 0.5) is 0 Å². The van der Waals surface area contributed by atoms with Crippen molar-refractivity contribution < 1.29 is 9.90 Å². The van der Waals surface area contributed by atoms with Crippen molar-refractivity contribution in [3.63, 3.8) is 0 Å². The normalized spacial score (nSPS) is 13.4. The van der Waals surface area contributed by atoms with Crippen LogP contribution in [0.5, 0.6) is 5.88 Å². The molecule has 0 saturated heterocycles. The van der Waals surface area contributed by atoms with Crippen molar-refractivity contribution in [2.75, 3.05) is 0 Å². The molecule has 6 rings (SSSR count). The van der Waals surface area contributed by atoms with E-state index in [1.165, 1.54) is 0 Å². The van der Waals surface area contributed by atoms with Gasteiger partial charge >= 0.3 is 171 Å². The summed E-state index contributed by atoms with van der Waals surface area (Å²) in [7, 11) is 0. The van der Waals surface area contributed by atoms with Crippen LogP contribution in [0.3, 0.4) is 0 Å². The fraction of sp³-hybridized carbons (Fsp3) is 0. The Balaban J connectivity index is 1.72. The maximum absolute atomic E-state index is 12.6. The second-order valence-corrected chi connectivity index (χ2v) is 10.6. The van der Waals surface area contributed by atoms with Crippen LogP contribution >= 0.6 is 0 Å². The number of aromatic amines is 1. The number of fused-ring (bicyclic) bond motifs is 5. The minimum atomic E-state index is -0.153. The van der Waals surface area contributed by atoms with Gasteiger partial charge in [0.05, 0.1) is 0 Å². The summed E-state index contributed by atoms with van der Waals surface area (Å²) in [5.74, 6) is 0.0457. The standard InChI is InChI=1S/C22H12N2O2Se2/c25-21-17(15-3-1-9-27-15)13-7-5-12-11(19(13)23-21)6-8-14-18(16-4-2-10-28-16)22(26)24-20(12)14/h1-10,23,25H. The number of rotatable bonds is 2. The van der Waals surface area contributed by atoms with Gasteiger partial charge in [0.25, 0.3) is 0 Å². The SMILES string of the molecule is O=C1N=c2c(ccc3c2ccc2c(-c4ccc[se]4)c(O)[nH]c23)=C1c1ccc[se]1. The van der Waals surface area contributed by atoms with Crippen LogP contribution in [0.25, 0.3) is 37.2 Å². The van der Waals surface area contributed by atoms with Gasteiger partial charge in [-0.3, -0.25) is 0 Å². The molecule has 134 valence electrons. The number of carbonyl (C=O) groups excluding carboxylic acids is 1. The number of hydrogen-bond donors (Lipinski definition) is 2. The molecule has 1 amide bonds. The molecule has 0 fully saturated rings. The van der Waals surface area contributed by atoms with Crippen molar-refractivity contribution in [3.05, 3.63) is 73.4 Å². The number of hydrogen-bond acceptors (Lipinski definition) is 2. The molecule has 4 heterocycles. The van der Waals surface area contributed by atoms with Crippen molar-refractivity contribution in [3.8, 4) is 15.9 Å². The molecule has 4 nitrogen and oxygen atoms in total. The second-order valence-electron chi connectivity index (χ2n) is 6.64. The molecule has 2 aromatic carbocycles. The third kappa shape index (κ3) is 2.17. The van der Waals surface area contributed by atoms with Crippen LogP contribution in [0.1, 0.15) is 4.44 Å². The van der Waals surface area contributed by atoms with Crippen LogP contribution in [0.15, 0.2) is 63.4 Å². The molecule has 5 aromatic rings. The molecular formula is C22H12N2O2Se2. The van der Waals surface area contributed by atoms with Crippen molar-refractivity contribution in [1.82, 2.24) is 4.98 Å². The van der Waals surface area contributed by atoms with Gasteiger partial charge in [0, 0.05) is 0 Å². The number of aromatic nitrogens is 1. The van der Waals surface area contributed by atoms with E-state index >= 15 is 0 Å². The van der Waals surface area contributed by atoms with Crippen LogP contribution in [-0.2, 0) is 4.79 Å². The fourth-order valence-electron chi connectivity index (χ4n) is 3.97. The summed E-state index contributed by atoms with van der Waals surface area (Å²) < 4.78 is 2.25. The average Bonchev–Trinajstić information content (AvgIpc) is 3.46. The van der Waals surface area contributed by atoms with Crippen LogP contribution in [-0.4, -0.2) is 45.0 Å². The van der Waals surface area contributed by atoms with Gasteiger partial charge in [0.15, 0.2) is 0 Å². The molecule has 6 heteroatoms. The van der Waals surface area contributed by atoms with Gasteiger partial charge in [-0.1, -0.05) is 0 Å². The van der Waals surface area contributed by atoms with E-state index in [0.29, 0.717) is 0 Å². The molecule has 2 N–H and O–H groups in total. The third-order valence-corrected chi connectivity index (χ3v) is 8.88. The molecule has 0 unspecified atom stereocenters. The zero-order chi connectivity index (χ0) is 18.8. The van der Waals surface area contributed by atoms with Crippen molar-refractivity contribution >= 4 is 62.2 Å². The summed E-state index contributed by atoms with van der Waals surface area (Å²) in [4.78, 5) is 24.4. The number of nitrogens with zero attached hydrogens (tertiary/aromatic N) is 1. The van der Waals surface area contributed by atoms with E-state index in [0.717, 1.165) is 52.3 Å². The van der Waals surface area contributed by atoms with Crippen LogP contribution < -0.4 is 10.6 Å². The Labute approximate surface area is 171 Å². The van der Waals surface area contributed by atoms with E-state index in [1.54, 1.807) is 0 Å². The molecule has 0 aliphatic carbocycles. The first kappa shape index (κ1) is 16.3. The Morgan fingerprint density at radius 3 is 2.32 bits per heavy atom. The summed E-state index contributed by atoms with van der Waals surface area (Å²) >= 11 is 0.419. The van der Waals surface area contributed by atoms with E-state index in [9.17, 15) is 9.90 Å². The first-order chi connectivity index (χ1) is 13.7. The van der Waals surface area contributed by atoms with E-state index < -0.39 is 0 Å². The predicted octanol–water partition coefficient (Wildman–Crippen LogP) is 2.17. The molecular weight excluding hydrogens is 482 g/mol. The number of H-pyrrole nitrogens is 1. The van der Waals surface area contributed by atoms with Gasteiger partial charge in [-0.25, -0.2) is 0 Å². The summed E-state index contributed by atoms with van der Waals surface area (Å²) in [6, 6.07) is 16.2. The summed E-state index contributed by atoms with van der Waals surface area (Å²) in [5.41, 5.74) is 2.51. The van der Waals surface area contributed by atoms with Gasteiger partial charge in [-0.05, 0) is 0 Å². The first-order valence-corrected chi connectivity index (χ1v) is 12.4. The Morgan fingerprint density at radius 2 is 1.57 bits per heavy atom. The van der Waals surface area contributed by atoms with E-state index in [-0.39, 0.29) is 40.8 Å². The minimum absolute atomic E-state index is 0.153. The molecule has 0 radical (unpaired) electrons. The Morgan fingerprint density at radius 1 is 0.857 bits per heavy atom. The molecule has 1 aliphatic rings. The Hall–Kier alpha value is -2.62. The number of carbonyl (C=O) groups is 1. The first-order valence-electron chi connectivity index (χ1n) is 8.74. The molecule has 0 saturated carbocycles. The van der Waals surface area contributed by atoms with Gasteiger partial charge in [0.1, 0.15) is 0 Å². The molecule has 0 spiro atoms. The number of nitrogens with one attached hydrogen (secondary N) is 1. The molecule has 3 aromatic heterocycles. The predicted molar refractivity (Wildman–Crippen MR) is 112 cm³/mol. The number of benzene rings is 2. The number of aromatic hydroxyl groups is 1. The quantitative estimate of drug-likeness (QED) is 0.370. The Kier molecular flexibility index (Phi) is 3.46. The topological polar surface area (TPSA) is 65.4 Å². The fourth-order valence-corrected chi connectivity index (χ4v) is 7.24. The molecule has 1 aliphatic heterocycles. The molecule has 0 atom stereocenters. The Bertz CT molecular complexity index is 1530. The number of amides is 1. The summed E-state index contributed by atoms with van der Waals surface area (Å²) in [5, 5.41) is 15.1. The zero-order valence-corrected chi connectivity index (χ0v) is 17.8. The zero-order valence-electron chi connectivity index (χ0n) is 14.4. The van der Waals surface area contributed by atoms with Crippen molar-refractivity contribution in [1.29, 1.82) is 0 Å². The molecule has 0 bridgehead atoms. The molecule has 28 heavy (non-hydrogen) atoms. The van der Waals surface area contributed by atoms with Gasteiger partial charge in [-0.15, -0.1) is 0 Å². The summed E-state index contributed by atoms with van der Waals surface area (Å²) in [6.07, 6.45) is 0. The van der Waals surface area contributed by atoms with Crippen LogP contribution in [0.2, 0.25) is 0 Å². The maximum atomic E-state index is 12.6.